The minimum Gasteiger partial charge on any atom is -0.355 e. The Labute approximate surface area is 142 Å². The molecule has 1 atom stereocenters. The topological polar surface area (TPSA) is 9.23 Å². The van der Waals surface area contributed by atoms with Crippen molar-refractivity contribution in [1.29, 1.82) is 0 Å². The van der Waals surface area contributed by atoms with E-state index in [1.54, 1.807) is 11.3 Å². The van der Waals surface area contributed by atoms with Gasteiger partial charge in [-0.05, 0) is 34.2 Å². The number of hydrogen-bond donors (Lipinski definition) is 0. The summed E-state index contributed by atoms with van der Waals surface area (Å²) >= 11 is 4.18. The Bertz CT molecular complexity index is 786. The first-order valence-corrected chi connectivity index (χ1v) is 8.47. The summed E-state index contributed by atoms with van der Waals surface area (Å²) in [4.78, 5) is 1.22. The van der Waals surface area contributed by atoms with E-state index in [9.17, 15) is 0 Å². The number of fused-ring (bicyclic) bond motifs is 1. The zero-order valence-electron chi connectivity index (χ0n) is 11.3. The van der Waals surface area contributed by atoms with Crippen molar-refractivity contribution in [3.8, 4) is 12.3 Å². The zero-order chi connectivity index (χ0) is 14.7. The molecule has 0 bridgehead atoms. The average Bonchev–Trinajstić information content (AvgIpc) is 2.86. The van der Waals surface area contributed by atoms with Crippen molar-refractivity contribution in [3.05, 3.63) is 68.6 Å². The molecule has 1 nitrogen and oxygen atoms in total. The summed E-state index contributed by atoms with van der Waals surface area (Å²) in [6.07, 6.45) is 5.27. The molecule has 1 unspecified atom stereocenters. The molecule has 0 saturated carbocycles. The summed E-state index contributed by atoms with van der Waals surface area (Å²) in [6.45, 7) is 0.309. The zero-order valence-corrected chi connectivity index (χ0v) is 14.2. The monoisotopic (exact) mass is 404 g/mol. The molecular weight excluding hydrogens is 391 g/mol. The lowest BCUT2D eigenvalue weighted by Crippen LogP contribution is -2.06. The maximum Gasteiger partial charge on any atom is 0.119 e. The number of thiophene rings is 1. The van der Waals surface area contributed by atoms with E-state index >= 15 is 0 Å². The number of terminal acetylenes is 1. The Morgan fingerprint density at radius 1 is 1.10 bits per heavy atom. The Balaban J connectivity index is 2.10. The number of benzene rings is 2. The summed E-state index contributed by atoms with van der Waals surface area (Å²) in [6, 6.07) is 18.7. The number of ether oxygens (including phenoxy) is 1. The predicted molar refractivity (Wildman–Crippen MR) is 97.6 cm³/mol. The van der Waals surface area contributed by atoms with E-state index in [0.29, 0.717) is 6.61 Å². The largest absolute Gasteiger partial charge is 0.355 e. The predicted octanol–water partition coefficient (Wildman–Crippen LogP) is 5.25. The molecule has 2 aromatic carbocycles. The normalized spacial score (nSPS) is 12.2. The van der Waals surface area contributed by atoms with Crippen LogP contribution in [0.3, 0.4) is 0 Å². The third-order valence-corrected chi connectivity index (χ3v) is 5.98. The highest BCUT2D eigenvalue weighted by atomic mass is 127. The Hall–Kier alpha value is -1.35. The molecule has 0 radical (unpaired) electrons. The second kappa shape index (κ2) is 6.61. The van der Waals surface area contributed by atoms with Gasteiger partial charge < -0.3 is 4.74 Å². The van der Waals surface area contributed by atoms with Crippen LogP contribution in [0.15, 0.2) is 54.6 Å². The summed E-state index contributed by atoms with van der Waals surface area (Å²) in [5.74, 6) is 2.57. The van der Waals surface area contributed by atoms with Crippen LogP contribution in [0.2, 0.25) is 0 Å². The molecule has 3 rings (SSSR count). The Kier molecular flexibility index (Phi) is 4.59. The average molecular weight is 404 g/mol. The second-order valence-corrected chi connectivity index (χ2v) is 6.74. The minimum atomic E-state index is -0.105. The fraction of sp³-hybridized carbons (Fsp3) is 0.111. The fourth-order valence-electron chi connectivity index (χ4n) is 2.28. The maximum absolute atomic E-state index is 5.94. The van der Waals surface area contributed by atoms with E-state index in [0.717, 1.165) is 5.56 Å². The molecule has 3 aromatic rings. The first-order chi connectivity index (χ1) is 10.3. The van der Waals surface area contributed by atoms with Gasteiger partial charge in [0.1, 0.15) is 12.7 Å². The first-order valence-electron chi connectivity index (χ1n) is 6.58. The quantitative estimate of drug-likeness (QED) is 0.427. The van der Waals surface area contributed by atoms with Crippen LogP contribution in [0.1, 0.15) is 16.5 Å². The van der Waals surface area contributed by atoms with Crippen LogP contribution in [-0.2, 0) is 4.74 Å². The van der Waals surface area contributed by atoms with Gasteiger partial charge in [0.25, 0.3) is 0 Å². The molecule has 21 heavy (non-hydrogen) atoms. The van der Waals surface area contributed by atoms with Gasteiger partial charge in [-0.15, -0.1) is 17.8 Å². The van der Waals surface area contributed by atoms with Crippen LogP contribution in [0.5, 0.6) is 0 Å². The Morgan fingerprint density at radius 2 is 1.81 bits per heavy atom. The van der Waals surface area contributed by atoms with E-state index in [1.807, 2.05) is 18.2 Å². The number of halogens is 1. The van der Waals surface area contributed by atoms with Gasteiger partial charge in [-0.1, -0.05) is 54.5 Å². The van der Waals surface area contributed by atoms with Crippen molar-refractivity contribution in [2.75, 3.05) is 6.61 Å². The number of hydrogen-bond acceptors (Lipinski definition) is 2. The maximum atomic E-state index is 5.94. The molecule has 1 heterocycles. The van der Waals surface area contributed by atoms with Gasteiger partial charge in [0.15, 0.2) is 0 Å². The van der Waals surface area contributed by atoms with Crippen LogP contribution in [0, 0.1) is 15.9 Å². The SMILES string of the molecule is C#CCOC(c1ccccc1)c1sc2ccccc2c1I. The standard InChI is InChI=1S/C18H13IOS/c1-2-12-20-17(13-8-4-3-5-9-13)18-16(19)14-10-6-7-11-15(14)21-18/h1,3-11,17H,12H2. The van der Waals surface area contributed by atoms with Crippen molar-refractivity contribution >= 4 is 44.0 Å². The van der Waals surface area contributed by atoms with Gasteiger partial charge in [-0.3, -0.25) is 0 Å². The lowest BCUT2D eigenvalue weighted by atomic mass is 10.1. The van der Waals surface area contributed by atoms with Crippen molar-refractivity contribution in [3.63, 3.8) is 0 Å². The van der Waals surface area contributed by atoms with Gasteiger partial charge in [0.2, 0.25) is 0 Å². The molecule has 0 aliphatic rings. The summed E-state index contributed by atoms with van der Waals surface area (Å²) < 4.78 is 8.47. The summed E-state index contributed by atoms with van der Waals surface area (Å²) in [7, 11) is 0. The summed E-state index contributed by atoms with van der Waals surface area (Å²) in [5, 5.41) is 1.28. The Morgan fingerprint density at radius 3 is 2.52 bits per heavy atom. The van der Waals surface area contributed by atoms with Crippen molar-refractivity contribution in [1.82, 2.24) is 0 Å². The van der Waals surface area contributed by atoms with E-state index in [-0.39, 0.29) is 6.10 Å². The van der Waals surface area contributed by atoms with E-state index in [2.05, 4.69) is 64.9 Å². The van der Waals surface area contributed by atoms with Gasteiger partial charge in [0.05, 0.1) is 4.88 Å². The smallest absolute Gasteiger partial charge is 0.119 e. The third kappa shape index (κ3) is 2.98. The minimum absolute atomic E-state index is 0.105. The number of rotatable bonds is 4. The lowest BCUT2D eigenvalue weighted by molar-refractivity contribution is 0.111. The van der Waals surface area contributed by atoms with Crippen LogP contribution in [0.4, 0.5) is 0 Å². The fourth-order valence-corrected chi connectivity index (χ4v) is 4.72. The van der Waals surface area contributed by atoms with Gasteiger partial charge in [-0.2, -0.15) is 0 Å². The van der Waals surface area contributed by atoms with E-state index in [1.165, 1.54) is 18.5 Å². The highest BCUT2D eigenvalue weighted by Crippen LogP contribution is 2.40. The first kappa shape index (κ1) is 14.6. The van der Waals surface area contributed by atoms with Crippen molar-refractivity contribution < 1.29 is 4.74 Å². The molecular formula is C18H13IOS. The molecule has 0 spiro atoms. The molecule has 0 saturated heterocycles. The van der Waals surface area contributed by atoms with Gasteiger partial charge >= 0.3 is 0 Å². The molecule has 0 aliphatic heterocycles. The van der Waals surface area contributed by atoms with Gasteiger partial charge in [0, 0.05) is 13.7 Å². The second-order valence-electron chi connectivity index (χ2n) is 4.58. The molecule has 0 aliphatic carbocycles. The molecule has 0 N–H and O–H groups in total. The van der Waals surface area contributed by atoms with Crippen molar-refractivity contribution in [2.45, 2.75) is 6.10 Å². The van der Waals surface area contributed by atoms with Crippen LogP contribution < -0.4 is 0 Å². The van der Waals surface area contributed by atoms with E-state index < -0.39 is 0 Å². The lowest BCUT2D eigenvalue weighted by Gasteiger charge is -2.16. The third-order valence-electron chi connectivity index (χ3n) is 3.23. The van der Waals surface area contributed by atoms with Crippen LogP contribution >= 0.6 is 33.9 Å². The van der Waals surface area contributed by atoms with Crippen LogP contribution in [0.25, 0.3) is 10.1 Å². The highest BCUT2D eigenvalue weighted by Gasteiger charge is 2.21. The highest BCUT2D eigenvalue weighted by molar-refractivity contribution is 14.1. The molecule has 3 heteroatoms. The molecule has 0 fully saturated rings. The molecule has 1 aromatic heterocycles. The van der Waals surface area contributed by atoms with Gasteiger partial charge in [-0.25, -0.2) is 0 Å². The summed E-state index contributed by atoms with van der Waals surface area (Å²) in [5.41, 5.74) is 1.14. The van der Waals surface area contributed by atoms with Crippen molar-refractivity contribution in [2.24, 2.45) is 0 Å². The van der Waals surface area contributed by atoms with E-state index in [4.69, 9.17) is 11.2 Å². The van der Waals surface area contributed by atoms with Crippen LogP contribution in [-0.4, -0.2) is 6.61 Å². The molecule has 104 valence electrons. The molecule has 0 amide bonds.